The van der Waals surface area contributed by atoms with Gasteiger partial charge in [0.2, 0.25) is 11.6 Å². The molecule has 49 heavy (non-hydrogen) atoms. The molecule has 4 aromatic rings. The van der Waals surface area contributed by atoms with Crippen molar-refractivity contribution in [2.24, 2.45) is 11.8 Å². The Morgan fingerprint density at radius 2 is 0.980 bits per heavy atom. The summed E-state index contributed by atoms with van der Waals surface area (Å²) >= 11 is 0. The van der Waals surface area contributed by atoms with Gasteiger partial charge in [-0.15, -0.1) is 67.9 Å². The minimum atomic E-state index is 0. The van der Waals surface area contributed by atoms with Crippen LogP contribution in [-0.4, -0.2) is 62.3 Å². The van der Waals surface area contributed by atoms with E-state index in [9.17, 15) is 9.59 Å². The molecule has 0 spiro atoms. The molecule has 9 nitrogen and oxygen atoms in total. The molecule has 2 aromatic heterocycles. The lowest BCUT2D eigenvalue weighted by molar-refractivity contribution is 0.0872. The normalized spacial score (nSPS) is 14.2. The van der Waals surface area contributed by atoms with Crippen LogP contribution in [0.1, 0.15) is 69.2 Å². The first-order valence-electron chi connectivity index (χ1n) is 16.1. The molecule has 0 bridgehead atoms. The number of rotatable bonds is 10. The number of nitrogens with zero attached hydrogens (tertiary/aromatic N) is 4. The average Bonchev–Trinajstić information content (AvgIpc) is 3.74. The van der Waals surface area contributed by atoms with Gasteiger partial charge >= 0.3 is 0 Å². The topological polar surface area (TPSA) is 125 Å². The summed E-state index contributed by atoms with van der Waals surface area (Å²) in [6, 6.07) is 16.8. The predicted molar refractivity (Wildman–Crippen MR) is 219 cm³/mol. The van der Waals surface area contributed by atoms with E-state index in [1.165, 1.54) is 22.3 Å². The molecule has 4 heterocycles. The van der Waals surface area contributed by atoms with E-state index >= 15 is 0 Å². The average molecular weight is 936 g/mol. The second kappa shape index (κ2) is 24.2. The zero-order valence-electron chi connectivity index (χ0n) is 28.3. The number of nitrogens with one attached hydrogen (secondary N) is 2. The molecule has 0 radical (unpaired) electrons. The SMILES string of the molecule is Br.Br.Br.Br.Cc1ccccc1CCn1ccnc1C(=O)C1CCNCC1.Cc1ccccc1CCn1ccnc1C(=O)C1CCNCC1.O. The molecule has 6 rings (SSSR count). The van der Waals surface area contributed by atoms with Gasteiger partial charge in [0.15, 0.2) is 11.6 Å². The highest BCUT2D eigenvalue weighted by Gasteiger charge is 2.26. The molecule has 0 saturated carbocycles. The summed E-state index contributed by atoms with van der Waals surface area (Å²) in [7, 11) is 0. The zero-order valence-corrected chi connectivity index (χ0v) is 35.2. The summed E-state index contributed by atoms with van der Waals surface area (Å²) in [4.78, 5) is 33.9. The standard InChI is InChI=1S/2C18H23N3O.4BrH.H2O/c2*1-14-4-2-3-5-15(14)8-12-21-13-11-20-18(21)17(22)16-6-9-19-10-7-16;;;;;/h2*2-5,11,13,16,19H,6-10,12H2,1H3;4*1H;1H2. The third-order valence-corrected chi connectivity index (χ3v) is 9.06. The fourth-order valence-corrected chi connectivity index (χ4v) is 6.23. The maximum Gasteiger partial charge on any atom is 0.201 e. The molecule has 0 amide bonds. The van der Waals surface area contributed by atoms with Crippen LogP contribution in [0.2, 0.25) is 0 Å². The molecule has 2 aromatic carbocycles. The second-order valence-corrected chi connectivity index (χ2v) is 12.0. The van der Waals surface area contributed by atoms with Crippen molar-refractivity contribution in [1.82, 2.24) is 29.7 Å². The van der Waals surface area contributed by atoms with E-state index in [2.05, 4.69) is 83.0 Å². The smallest absolute Gasteiger partial charge is 0.201 e. The number of Topliss-reactive ketones (excluding diaryl/α,β-unsaturated/α-hetero) is 2. The summed E-state index contributed by atoms with van der Waals surface area (Å²) in [6.45, 7) is 9.59. The Morgan fingerprint density at radius 3 is 1.33 bits per heavy atom. The third kappa shape index (κ3) is 13.2. The van der Waals surface area contributed by atoms with Crippen molar-refractivity contribution < 1.29 is 15.1 Å². The van der Waals surface area contributed by atoms with E-state index in [-0.39, 0.29) is 96.8 Å². The molecule has 2 fully saturated rings. The summed E-state index contributed by atoms with van der Waals surface area (Å²) in [5.41, 5.74) is 5.26. The molecule has 0 unspecified atom stereocenters. The number of carbonyl (C=O) groups is 2. The van der Waals surface area contributed by atoms with Crippen molar-refractivity contribution in [3.8, 4) is 0 Å². The van der Waals surface area contributed by atoms with Crippen molar-refractivity contribution in [1.29, 1.82) is 0 Å². The summed E-state index contributed by atoms with van der Waals surface area (Å²) in [6.07, 6.45) is 12.9. The number of piperidine rings is 2. The van der Waals surface area contributed by atoms with Gasteiger partial charge in [-0.3, -0.25) is 9.59 Å². The maximum absolute atomic E-state index is 12.6. The van der Waals surface area contributed by atoms with Crippen LogP contribution in [0, 0.1) is 25.7 Å². The van der Waals surface area contributed by atoms with Crippen LogP contribution in [0.25, 0.3) is 0 Å². The fourth-order valence-electron chi connectivity index (χ4n) is 6.23. The van der Waals surface area contributed by atoms with Crippen LogP contribution in [0.3, 0.4) is 0 Å². The van der Waals surface area contributed by atoms with E-state index < -0.39 is 0 Å². The first-order valence-corrected chi connectivity index (χ1v) is 16.1. The van der Waals surface area contributed by atoms with Crippen LogP contribution in [-0.2, 0) is 25.9 Å². The summed E-state index contributed by atoms with van der Waals surface area (Å²) in [5, 5.41) is 6.61. The number of carbonyl (C=O) groups excluding carboxylic acids is 2. The largest absolute Gasteiger partial charge is 0.412 e. The van der Waals surface area contributed by atoms with Gasteiger partial charge in [0, 0.05) is 49.7 Å². The molecule has 272 valence electrons. The third-order valence-electron chi connectivity index (χ3n) is 9.06. The Hall–Kier alpha value is -2.00. The highest BCUT2D eigenvalue weighted by atomic mass is 79.9. The lowest BCUT2D eigenvalue weighted by Crippen LogP contribution is -2.33. The number of halogens is 4. The number of aryl methyl sites for hydroxylation is 6. The van der Waals surface area contributed by atoms with E-state index in [1.54, 1.807) is 12.4 Å². The van der Waals surface area contributed by atoms with Gasteiger partial charge in [0.25, 0.3) is 0 Å². The fraction of sp³-hybridized carbons (Fsp3) is 0.444. The van der Waals surface area contributed by atoms with E-state index in [1.807, 2.05) is 21.5 Å². The van der Waals surface area contributed by atoms with Crippen molar-refractivity contribution in [2.75, 3.05) is 26.2 Å². The van der Waals surface area contributed by atoms with Gasteiger partial charge in [-0.1, -0.05) is 48.5 Å². The van der Waals surface area contributed by atoms with E-state index in [4.69, 9.17) is 0 Å². The Bertz CT molecular complexity index is 1420. The number of hydrogen-bond acceptors (Lipinski definition) is 6. The van der Waals surface area contributed by atoms with Gasteiger partial charge in [0.05, 0.1) is 0 Å². The monoisotopic (exact) mass is 932 g/mol. The molecular formula is C36H52Br4N6O3. The minimum absolute atomic E-state index is 0. The molecule has 0 aliphatic carbocycles. The van der Waals surface area contributed by atoms with Crippen LogP contribution in [0.15, 0.2) is 73.3 Å². The lowest BCUT2D eigenvalue weighted by Gasteiger charge is -2.21. The van der Waals surface area contributed by atoms with Gasteiger partial charge in [0.1, 0.15) is 0 Å². The van der Waals surface area contributed by atoms with Crippen molar-refractivity contribution in [2.45, 2.75) is 65.5 Å². The van der Waals surface area contributed by atoms with Crippen LogP contribution in [0.5, 0.6) is 0 Å². The van der Waals surface area contributed by atoms with Crippen molar-refractivity contribution in [3.05, 3.63) is 107 Å². The van der Waals surface area contributed by atoms with Gasteiger partial charge in [-0.2, -0.15) is 0 Å². The predicted octanol–water partition coefficient (Wildman–Crippen LogP) is 6.72. The summed E-state index contributed by atoms with van der Waals surface area (Å²) < 4.78 is 4.02. The number of hydrogen-bond donors (Lipinski definition) is 2. The Morgan fingerprint density at radius 1 is 0.633 bits per heavy atom. The Balaban J connectivity index is 0.000000853. The van der Waals surface area contributed by atoms with Crippen LogP contribution in [0.4, 0.5) is 0 Å². The van der Waals surface area contributed by atoms with Gasteiger partial charge < -0.3 is 25.2 Å². The summed E-state index contributed by atoms with van der Waals surface area (Å²) in [5.74, 6) is 1.91. The van der Waals surface area contributed by atoms with Crippen molar-refractivity contribution >= 4 is 79.5 Å². The molecule has 13 heteroatoms. The number of benzene rings is 2. The minimum Gasteiger partial charge on any atom is -0.412 e. The second-order valence-electron chi connectivity index (χ2n) is 12.0. The van der Waals surface area contributed by atoms with Crippen LogP contribution >= 0.6 is 67.9 Å². The van der Waals surface area contributed by atoms with E-state index in [0.717, 1.165) is 77.8 Å². The van der Waals surface area contributed by atoms with Gasteiger partial charge in [-0.05, 0) is 101 Å². The first-order chi connectivity index (χ1) is 21.5. The highest BCUT2D eigenvalue weighted by molar-refractivity contribution is 8.93. The van der Waals surface area contributed by atoms with Crippen molar-refractivity contribution in [3.63, 3.8) is 0 Å². The molecule has 2 aliphatic heterocycles. The molecule has 2 saturated heterocycles. The van der Waals surface area contributed by atoms with Gasteiger partial charge in [-0.25, -0.2) is 9.97 Å². The highest BCUT2D eigenvalue weighted by Crippen LogP contribution is 2.19. The number of imidazole rings is 2. The number of aromatic nitrogens is 4. The Labute approximate surface area is 332 Å². The lowest BCUT2D eigenvalue weighted by atomic mass is 9.93. The maximum atomic E-state index is 12.6. The molecule has 2 aliphatic rings. The molecular weight excluding hydrogens is 884 g/mol. The molecule has 4 N–H and O–H groups in total. The molecule has 0 atom stereocenters. The number of ketones is 2. The first kappa shape index (κ1) is 47.0. The zero-order chi connectivity index (χ0) is 30.7. The van der Waals surface area contributed by atoms with Crippen LogP contribution < -0.4 is 10.6 Å². The quantitative estimate of drug-likeness (QED) is 0.170. The van der Waals surface area contributed by atoms with E-state index in [0.29, 0.717) is 11.6 Å². The Kier molecular flexibility index (Phi) is 23.2.